The van der Waals surface area contributed by atoms with Crippen LogP contribution in [0.25, 0.3) is 0 Å². The van der Waals surface area contributed by atoms with Gasteiger partial charge in [0.05, 0.1) is 12.8 Å². The third kappa shape index (κ3) is 2.40. The molecule has 3 heteroatoms. The number of hydrogen-bond donors (Lipinski definition) is 2. The third-order valence-corrected chi connectivity index (χ3v) is 2.69. The first-order valence-corrected chi connectivity index (χ1v) is 5.39. The van der Waals surface area contributed by atoms with Crippen molar-refractivity contribution in [2.75, 3.05) is 12.8 Å². The number of nitrogen functional groups attached to an aromatic ring is 1. The third-order valence-electron chi connectivity index (χ3n) is 2.69. The highest BCUT2D eigenvalue weighted by Crippen LogP contribution is 2.28. The number of methoxy groups -OCH3 is 1. The topological polar surface area (TPSA) is 55.5 Å². The van der Waals surface area contributed by atoms with Crippen LogP contribution < -0.4 is 10.5 Å². The van der Waals surface area contributed by atoms with Crippen LogP contribution in [-0.4, -0.2) is 12.2 Å². The number of aliphatic hydroxyl groups excluding tert-OH is 1. The van der Waals surface area contributed by atoms with Crippen LogP contribution in [0.15, 0.2) is 48.5 Å². The second-order valence-corrected chi connectivity index (χ2v) is 3.81. The lowest BCUT2D eigenvalue weighted by Crippen LogP contribution is -2.01. The van der Waals surface area contributed by atoms with E-state index in [9.17, 15) is 5.11 Å². The minimum Gasteiger partial charge on any atom is -0.495 e. The van der Waals surface area contributed by atoms with Gasteiger partial charge >= 0.3 is 0 Å². The van der Waals surface area contributed by atoms with Crippen molar-refractivity contribution in [2.24, 2.45) is 0 Å². The van der Waals surface area contributed by atoms with Crippen molar-refractivity contribution in [3.8, 4) is 5.75 Å². The summed E-state index contributed by atoms with van der Waals surface area (Å²) in [6, 6.07) is 14.8. The molecule has 2 rings (SSSR count). The van der Waals surface area contributed by atoms with Crippen molar-refractivity contribution in [3.05, 3.63) is 59.7 Å². The first-order chi connectivity index (χ1) is 8.22. The van der Waals surface area contributed by atoms with Gasteiger partial charge in [0, 0.05) is 0 Å². The summed E-state index contributed by atoms with van der Waals surface area (Å²) >= 11 is 0. The maximum atomic E-state index is 10.2. The summed E-state index contributed by atoms with van der Waals surface area (Å²) in [5, 5.41) is 10.2. The average Bonchev–Trinajstić information content (AvgIpc) is 2.39. The second kappa shape index (κ2) is 4.89. The van der Waals surface area contributed by atoms with Crippen LogP contribution in [0.5, 0.6) is 5.75 Å². The quantitative estimate of drug-likeness (QED) is 0.794. The molecule has 0 fully saturated rings. The number of ether oxygens (including phenoxy) is 1. The highest BCUT2D eigenvalue weighted by Gasteiger charge is 2.11. The van der Waals surface area contributed by atoms with Gasteiger partial charge in [-0.2, -0.15) is 0 Å². The predicted octanol–water partition coefficient (Wildman–Crippen LogP) is 2.36. The van der Waals surface area contributed by atoms with Gasteiger partial charge in [-0.15, -0.1) is 0 Å². The molecule has 0 amide bonds. The monoisotopic (exact) mass is 229 g/mol. The minimum atomic E-state index is -0.661. The zero-order valence-corrected chi connectivity index (χ0v) is 9.63. The molecule has 2 aromatic carbocycles. The molecule has 0 aliphatic rings. The van der Waals surface area contributed by atoms with Crippen molar-refractivity contribution in [2.45, 2.75) is 6.10 Å². The molecule has 0 saturated heterocycles. The Bertz CT molecular complexity index is 497. The number of rotatable bonds is 3. The molecule has 0 saturated carbocycles. The smallest absolute Gasteiger partial charge is 0.142 e. The van der Waals surface area contributed by atoms with Crippen molar-refractivity contribution in [3.63, 3.8) is 0 Å². The number of anilines is 1. The zero-order chi connectivity index (χ0) is 12.3. The molecular weight excluding hydrogens is 214 g/mol. The Morgan fingerprint density at radius 3 is 2.41 bits per heavy atom. The zero-order valence-electron chi connectivity index (χ0n) is 9.63. The molecule has 0 aliphatic carbocycles. The van der Waals surface area contributed by atoms with Crippen molar-refractivity contribution < 1.29 is 9.84 Å². The summed E-state index contributed by atoms with van der Waals surface area (Å²) < 4.78 is 5.14. The van der Waals surface area contributed by atoms with Crippen LogP contribution in [0, 0.1) is 0 Å². The molecule has 0 spiro atoms. The lowest BCUT2D eigenvalue weighted by Gasteiger charge is -2.13. The molecule has 3 N–H and O–H groups in total. The molecule has 0 radical (unpaired) electrons. The summed E-state index contributed by atoms with van der Waals surface area (Å²) in [7, 11) is 1.56. The molecule has 0 heterocycles. The average molecular weight is 229 g/mol. The number of benzene rings is 2. The van der Waals surface area contributed by atoms with E-state index in [4.69, 9.17) is 10.5 Å². The van der Waals surface area contributed by atoms with Gasteiger partial charge in [0.1, 0.15) is 11.9 Å². The van der Waals surface area contributed by atoms with E-state index < -0.39 is 6.10 Å². The van der Waals surface area contributed by atoms with Gasteiger partial charge in [-0.25, -0.2) is 0 Å². The minimum absolute atomic E-state index is 0.566. The van der Waals surface area contributed by atoms with Crippen molar-refractivity contribution >= 4 is 5.69 Å². The molecule has 1 unspecified atom stereocenters. The Labute approximate surface area is 100 Å². The van der Waals surface area contributed by atoms with Crippen LogP contribution in [0.1, 0.15) is 17.2 Å². The van der Waals surface area contributed by atoms with E-state index >= 15 is 0 Å². The van der Waals surface area contributed by atoms with E-state index in [0.29, 0.717) is 11.4 Å². The predicted molar refractivity (Wildman–Crippen MR) is 67.9 cm³/mol. The Balaban J connectivity index is 2.34. The maximum absolute atomic E-state index is 10.2. The summed E-state index contributed by atoms with van der Waals surface area (Å²) in [6.45, 7) is 0. The van der Waals surface area contributed by atoms with Gasteiger partial charge in [0.25, 0.3) is 0 Å². The second-order valence-electron chi connectivity index (χ2n) is 3.81. The van der Waals surface area contributed by atoms with E-state index in [0.717, 1.165) is 11.1 Å². The lowest BCUT2D eigenvalue weighted by molar-refractivity contribution is 0.220. The van der Waals surface area contributed by atoms with Crippen LogP contribution in [-0.2, 0) is 0 Å². The van der Waals surface area contributed by atoms with Gasteiger partial charge in [-0.1, -0.05) is 36.4 Å². The normalized spacial score (nSPS) is 12.1. The van der Waals surface area contributed by atoms with E-state index in [1.165, 1.54) is 0 Å². The molecule has 0 aromatic heterocycles. The fourth-order valence-corrected chi connectivity index (χ4v) is 1.73. The summed E-state index contributed by atoms with van der Waals surface area (Å²) in [5.74, 6) is 0.581. The molecular formula is C14H15NO2. The van der Waals surface area contributed by atoms with Crippen molar-refractivity contribution in [1.82, 2.24) is 0 Å². The highest BCUT2D eigenvalue weighted by atomic mass is 16.5. The van der Waals surface area contributed by atoms with Gasteiger partial charge < -0.3 is 15.6 Å². The SMILES string of the molecule is COc1cc(C(O)c2ccccc2)ccc1N. The van der Waals surface area contributed by atoms with Gasteiger partial charge in [0.2, 0.25) is 0 Å². The van der Waals surface area contributed by atoms with E-state index in [2.05, 4.69) is 0 Å². The first-order valence-electron chi connectivity index (χ1n) is 5.39. The van der Waals surface area contributed by atoms with Crippen LogP contribution in [0.2, 0.25) is 0 Å². The maximum Gasteiger partial charge on any atom is 0.142 e. The molecule has 0 bridgehead atoms. The van der Waals surface area contributed by atoms with Crippen LogP contribution in [0.4, 0.5) is 5.69 Å². The van der Waals surface area contributed by atoms with Gasteiger partial charge in [-0.05, 0) is 23.3 Å². The van der Waals surface area contributed by atoms with Crippen LogP contribution in [0.3, 0.4) is 0 Å². The fourth-order valence-electron chi connectivity index (χ4n) is 1.73. The Morgan fingerprint density at radius 1 is 1.06 bits per heavy atom. The molecule has 0 aliphatic heterocycles. The summed E-state index contributed by atoms with van der Waals surface area (Å²) in [4.78, 5) is 0. The summed E-state index contributed by atoms with van der Waals surface area (Å²) in [5.41, 5.74) is 7.91. The molecule has 88 valence electrons. The van der Waals surface area contributed by atoms with Gasteiger partial charge in [0.15, 0.2) is 0 Å². The Kier molecular flexibility index (Phi) is 3.30. The Morgan fingerprint density at radius 2 is 1.76 bits per heavy atom. The van der Waals surface area contributed by atoms with Gasteiger partial charge in [-0.3, -0.25) is 0 Å². The lowest BCUT2D eigenvalue weighted by atomic mass is 10.0. The molecule has 2 aromatic rings. The highest BCUT2D eigenvalue weighted by molar-refractivity contribution is 5.54. The molecule has 17 heavy (non-hydrogen) atoms. The first kappa shape index (κ1) is 11.5. The van der Waals surface area contributed by atoms with Crippen LogP contribution >= 0.6 is 0 Å². The summed E-state index contributed by atoms with van der Waals surface area (Å²) in [6.07, 6.45) is -0.661. The van der Waals surface area contributed by atoms with E-state index in [1.54, 1.807) is 25.3 Å². The molecule has 3 nitrogen and oxygen atoms in total. The largest absolute Gasteiger partial charge is 0.495 e. The van der Waals surface area contributed by atoms with E-state index in [1.807, 2.05) is 30.3 Å². The fraction of sp³-hybridized carbons (Fsp3) is 0.143. The van der Waals surface area contributed by atoms with Crippen molar-refractivity contribution in [1.29, 1.82) is 0 Å². The Hall–Kier alpha value is -2.00. The molecule has 1 atom stereocenters. The standard InChI is InChI=1S/C14H15NO2/c1-17-13-9-11(7-8-12(13)15)14(16)10-5-3-2-4-6-10/h2-9,14,16H,15H2,1H3. The number of hydrogen-bond acceptors (Lipinski definition) is 3. The number of aliphatic hydroxyl groups is 1. The number of nitrogens with two attached hydrogens (primary N) is 1. The van der Waals surface area contributed by atoms with E-state index in [-0.39, 0.29) is 0 Å².